The second kappa shape index (κ2) is 9.22. The van der Waals surface area contributed by atoms with E-state index in [0.717, 1.165) is 0 Å². The van der Waals surface area contributed by atoms with Crippen LogP contribution in [0.25, 0.3) is 11.0 Å². The van der Waals surface area contributed by atoms with Crippen molar-refractivity contribution in [1.29, 1.82) is 0 Å². The van der Waals surface area contributed by atoms with Gasteiger partial charge in [-0.15, -0.1) is 0 Å². The number of carbonyl (C=O) groups excluding carboxylic acids is 1. The van der Waals surface area contributed by atoms with E-state index in [1.54, 1.807) is 18.2 Å². The zero-order valence-electron chi connectivity index (χ0n) is 18.0. The van der Waals surface area contributed by atoms with Crippen LogP contribution in [0.2, 0.25) is 0 Å². The largest absolute Gasteiger partial charge is 0.495 e. The van der Waals surface area contributed by atoms with Crippen molar-refractivity contribution < 1.29 is 31.8 Å². The highest BCUT2D eigenvalue weighted by Crippen LogP contribution is 2.30. The molecule has 33 heavy (non-hydrogen) atoms. The topological polar surface area (TPSA) is 124 Å². The van der Waals surface area contributed by atoms with Gasteiger partial charge in [0.25, 0.3) is 5.91 Å². The number of hydrogen-bond acceptors (Lipinski definition) is 8. The molecule has 2 heterocycles. The lowest BCUT2D eigenvalue weighted by Crippen LogP contribution is -2.40. The van der Waals surface area contributed by atoms with E-state index < -0.39 is 21.6 Å². The molecule has 0 spiro atoms. The highest BCUT2D eigenvalue weighted by atomic mass is 32.2. The summed E-state index contributed by atoms with van der Waals surface area (Å²) in [7, 11) is -1.01. The van der Waals surface area contributed by atoms with Gasteiger partial charge in [0, 0.05) is 30.2 Å². The summed E-state index contributed by atoms with van der Waals surface area (Å²) >= 11 is 0. The van der Waals surface area contributed by atoms with E-state index in [-0.39, 0.29) is 40.6 Å². The predicted octanol–water partition coefficient (Wildman–Crippen LogP) is 2.08. The number of benzene rings is 2. The second-order valence-electron chi connectivity index (χ2n) is 7.16. The lowest BCUT2D eigenvalue weighted by atomic mass is 10.1. The van der Waals surface area contributed by atoms with Gasteiger partial charge in [0.15, 0.2) is 11.3 Å². The molecule has 0 aliphatic carbocycles. The van der Waals surface area contributed by atoms with Crippen LogP contribution in [0.3, 0.4) is 0 Å². The molecule has 1 aliphatic heterocycles. The minimum atomic E-state index is -3.80. The zero-order valence-corrected chi connectivity index (χ0v) is 18.8. The third-order valence-electron chi connectivity index (χ3n) is 5.20. The van der Waals surface area contributed by atoms with Gasteiger partial charge >= 0.3 is 5.63 Å². The van der Waals surface area contributed by atoms with Gasteiger partial charge in [0.1, 0.15) is 16.2 Å². The molecule has 0 radical (unpaired) electrons. The standard InChI is InChI=1S/C22H22N2O8S/c1-29-17-5-3-4-14-12-16(22(26)32-20(14)17)21(25)23-15-6-7-19(18(13-15)30-2)33(27,28)24-8-10-31-11-9-24/h3-7,12-13H,8-11H2,1-2H3,(H,23,25). The summed E-state index contributed by atoms with van der Waals surface area (Å²) in [6.07, 6.45) is 0. The number of anilines is 1. The first-order chi connectivity index (χ1) is 15.8. The minimum Gasteiger partial charge on any atom is -0.495 e. The Balaban J connectivity index is 1.63. The normalized spacial score (nSPS) is 14.7. The van der Waals surface area contributed by atoms with E-state index in [2.05, 4.69) is 5.32 Å². The predicted molar refractivity (Wildman–Crippen MR) is 120 cm³/mol. The molecule has 10 nitrogen and oxygen atoms in total. The van der Waals surface area contributed by atoms with Gasteiger partial charge in [0.2, 0.25) is 10.0 Å². The van der Waals surface area contributed by atoms with E-state index in [9.17, 15) is 18.0 Å². The maximum atomic E-state index is 13.0. The van der Waals surface area contributed by atoms with Gasteiger partial charge in [-0.05, 0) is 24.3 Å². The number of methoxy groups -OCH3 is 2. The fourth-order valence-electron chi connectivity index (χ4n) is 3.52. The van der Waals surface area contributed by atoms with Crippen LogP contribution < -0.4 is 20.4 Å². The quantitative estimate of drug-likeness (QED) is 0.539. The number of carbonyl (C=O) groups is 1. The highest BCUT2D eigenvalue weighted by Gasteiger charge is 2.29. The number of hydrogen-bond donors (Lipinski definition) is 1. The fourth-order valence-corrected chi connectivity index (χ4v) is 5.06. The molecular weight excluding hydrogens is 452 g/mol. The monoisotopic (exact) mass is 474 g/mol. The molecule has 0 atom stereocenters. The molecule has 1 N–H and O–H groups in total. The zero-order chi connectivity index (χ0) is 23.6. The van der Waals surface area contributed by atoms with Crippen LogP contribution in [0.5, 0.6) is 11.5 Å². The number of para-hydroxylation sites is 1. The number of sulfonamides is 1. The SMILES string of the molecule is COc1cc(NC(=O)c2cc3cccc(OC)c3oc2=O)ccc1S(=O)(=O)N1CCOCC1. The lowest BCUT2D eigenvalue weighted by molar-refractivity contribution is 0.0729. The molecule has 0 unspecified atom stereocenters. The smallest absolute Gasteiger partial charge is 0.349 e. The first kappa shape index (κ1) is 22.8. The Hall–Kier alpha value is -3.41. The summed E-state index contributed by atoms with van der Waals surface area (Å²) < 4.78 is 48.2. The van der Waals surface area contributed by atoms with Gasteiger partial charge in [-0.3, -0.25) is 4.79 Å². The number of rotatable bonds is 6. The van der Waals surface area contributed by atoms with Crippen molar-refractivity contribution in [2.24, 2.45) is 0 Å². The molecule has 2 aromatic carbocycles. The molecule has 174 valence electrons. The summed E-state index contributed by atoms with van der Waals surface area (Å²) in [5.41, 5.74) is -0.550. The molecule has 4 rings (SSSR count). The van der Waals surface area contributed by atoms with Crippen molar-refractivity contribution in [3.8, 4) is 11.5 Å². The van der Waals surface area contributed by atoms with Crippen molar-refractivity contribution in [2.45, 2.75) is 4.90 Å². The Morgan fingerprint density at radius 3 is 2.45 bits per heavy atom. The van der Waals surface area contributed by atoms with Crippen LogP contribution in [-0.4, -0.2) is 59.2 Å². The fraction of sp³-hybridized carbons (Fsp3) is 0.273. The summed E-state index contributed by atoms with van der Waals surface area (Å²) in [4.78, 5) is 25.2. The van der Waals surface area contributed by atoms with Crippen molar-refractivity contribution in [2.75, 3.05) is 45.8 Å². The number of nitrogens with one attached hydrogen (secondary N) is 1. The molecule has 1 amide bonds. The van der Waals surface area contributed by atoms with Crippen molar-refractivity contribution in [3.05, 3.63) is 58.4 Å². The van der Waals surface area contributed by atoms with Crippen molar-refractivity contribution in [3.63, 3.8) is 0 Å². The van der Waals surface area contributed by atoms with E-state index in [1.165, 1.54) is 42.8 Å². The van der Waals surface area contributed by atoms with Crippen LogP contribution in [0, 0.1) is 0 Å². The van der Waals surface area contributed by atoms with Crippen molar-refractivity contribution >= 4 is 32.6 Å². The van der Waals surface area contributed by atoms with E-state index in [1.807, 2.05) is 0 Å². The Morgan fingerprint density at radius 2 is 1.76 bits per heavy atom. The van der Waals surface area contributed by atoms with Gasteiger partial charge in [0.05, 0.1) is 27.4 Å². The Kier molecular flexibility index (Phi) is 6.36. The first-order valence-electron chi connectivity index (χ1n) is 10.0. The number of nitrogens with zero attached hydrogens (tertiary/aromatic N) is 1. The number of amides is 1. The third kappa shape index (κ3) is 4.42. The molecular formula is C22H22N2O8S. The molecule has 1 aliphatic rings. The maximum Gasteiger partial charge on any atom is 0.349 e. The number of fused-ring (bicyclic) bond motifs is 1. The van der Waals surface area contributed by atoms with E-state index >= 15 is 0 Å². The summed E-state index contributed by atoms with van der Waals surface area (Å²) in [6, 6.07) is 10.6. The average Bonchev–Trinajstić information content (AvgIpc) is 2.83. The van der Waals surface area contributed by atoms with Gasteiger partial charge in [-0.1, -0.05) is 12.1 Å². The lowest BCUT2D eigenvalue weighted by Gasteiger charge is -2.26. The van der Waals surface area contributed by atoms with Crippen LogP contribution >= 0.6 is 0 Å². The second-order valence-corrected chi connectivity index (χ2v) is 9.07. The minimum absolute atomic E-state index is 0.0257. The highest BCUT2D eigenvalue weighted by molar-refractivity contribution is 7.89. The molecule has 1 fully saturated rings. The van der Waals surface area contributed by atoms with Crippen LogP contribution in [-0.2, 0) is 14.8 Å². The molecule has 1 aromatic heterocycles. The average molecular weight is 474 g/mol. The maximum absolute atomic E-state index is 13.0. The molecule has 11 heteroatoms. The molecule has 0 saturated carbocycles. The Bertz CT molecular complexity index is 1360. The van der Waals surface area contributed by atoms with E-state index in [0.29, 0.717) is 24.3 Å². The summed E-state index contributed by atoms with van der Waals surface area (Å²) in [5.74, 6) is -0.271. The number of ether oxygens (including phenoxy) is 3. The van der Waals surface area contributed by atoms with Crippen molar-refractivity contribution in [1.82, 2.24) is 4.31 Å². The van der Waals surface area contributed by atoms with E-state index in [4.69, 9.17) is 18.6 Å². The van der Waals surface area contributed by atoms with Gasteiger partial charge in [-0.25, -0.2) is 13.2 Å². The molecule has 1 saturated heterocycles. The third-order valence-corrected chi connectivity index (χ3v) is 7.14. The summed E-state index contributed by atoms with van der Waals surface area (Å²) in [6.45, 7) is 1.12. The van der Waals surface area contributed by atoms with Gasteiger partial charge < -0.3 is 23.9 Å². The number of morpholine rings is 1. The molecule has 0 bridgehead atoms. The summed E-state index contributed by atoms with van der Waals surface area (Å²) in [5, 5.41) is 3.10. The Morgan fingerprint density at radius 1 is 1.03 bits per heavy atom. The Labute approximate surface area is 189 Å². The molecule has 3 aromatic rings. The van der Waals surface area contributed by atoms with Crippen LogP contribution in [0.1, 0.15) is 10.4 Å². The first-order valence-corrected chi connectivity index (χ1v) is 11.5. The van der Waals surface area contributed by atoms with Gasteiger partial charge in [-0.2, -0.15) is 4.31 Å². The van der Waals surface area contributed by atoms with Crippen LogP contribution in [0.4, 0.5) is 5.69 Å². The van der Waals surface area contributed by atoms with Crippen LogP contribution in [0.15, 0.2) is 56.6 Å².